The number of hydrogen-bond acceptors (Lipinski definition) is 1. The summed E-state index contributed by atoms with van der Waals surface area (Å²) in [5.74, 6) is -0.280. The predicted octanol–water partition coefficient (Wildman–Crippen LogP) is 3.48. The minimum absolute atomic E-state index is 0.00678. The van der Waals surface area contributed by atoms with E-state index in [1.165, 1.54) is 13.0 Å². The van der Waals surface area contributed by atoms with Gasteiger partial charge < -0.3 is 0 Å². The van der Waals surface area contributed by atoms with Crippen LogP contribution in [0.25, 0.3) is 0 Å². The zero-order valence-electron chi connectivity index (χ0n) is 7.56. The van der Waals surface area contributed by atoms with Gasteiger partial charge in [0.05, 0.1) is 4.83 Å². The van der Waals surface area contributed by atoms with E-state index in [1.54, 1.807) is 12.1 Å². The molecule has 1 aromatic rings. The van der Waals surface area contributed by atoms with Crippen LogP contribution < -0.4 is 0 Å². The van der Waals surface area contributed by atoms with Gasteiger partial charge in [-0.3, -0.25) is 4.79 Å². The van der Waals surface area contributed by atoms with Crippen molar-refractivity contribution in [3.05, 3.63) is 34.1 Å². The number of carbonyl (C=O) groups excluding carboxylic acids is 1. The highest BCUT2D eigenvalue weighted by atomic mass is 79.9. The quantitative estimate of drug-likeness (QED) is 0.778. The second-order valence-corrected chi connectivity index (χ2v) is 5.04. The molecular weight excluding hydrogens is 315 g/mol. The van der Waals surface area contributed by atoms with Crippen molar-refractivity contribution in [3.8, 4) is 0 Å². The number of benzene rings is 1. The highest BCUT2D eigenvalue weighted by Gasteiger charge is 2.13. The Labute approximate surface area is 99.0 Å². The normalized spacial score (nSPS) is 12.6. The van der Waals surface area contributed by atoms with E-state index in [2.05, 4.69) is 31.9 Å². The molecule has 0 heterocycles. The fourth-order valence-electron chi connectivity index (χ4n) is 1.02. The van der Waals surface area contributed by atoms with Crippen molar-refractivity contribution >= 4 is 37.6 Å². The van der Waals surface area contributed by atoms with E-state index in [9.17, 15) is 9.18 Å². The second kappa shape index (κ2) is 5.03. The van der Waals surface area contributed by atoms with Crippen LogP contribution in [0.5, 0.6) is 0 Å². The van der Waals surface area contributed by atoms with Crippen LogP contribution in [-0.2, 0) is 11.2 Å². The lowest BCUT2D eigenvalue weighted by Crippen LogP contribution is -2.13. The smallest absolute Gasteiger partial charge is 0.143 e. The van der Waals surface area contributed by atoms with Crippen molar-refractivity contribution in [3.63, 3.8) is 0 Å². The van der Waals surface area contributed by atoms with Crippen LogP contribution in [0.3, 0.4) is 0 Å². The lowest BCUT2D eigenvalue weighted by Gasteiger charge is -2.07. The summed E-state index contributed by atoms with van der Waals surface area (Å²) in [6.45, 7) is 1.48. The molecule has 0 bridgehead atoms. The average molecular weight is 324 g/mol. The molecule has 0 saturated carbocycles. The van der Waals surface area contributed by atoms with Crippen LogP contribution in [-0.4, -0.2) is 10.6 Å². The number of halogens is 3. The molecule has 0 amide bonds. The Kier molecular flexibility index (Phi) is 4.26. The number of alkyl halides is 1. The van der Waals surface area contributed by atoms with Gasteiger partial charge in [0.15, 0.2) is 0 Å². The van der Waals surface area contributed by atoms with Crippen LogP contribution in [0.2, 0.25) is 0 Å². The molecule has 4 heteroatoms. The van der Waals surface area contributed by atoms with E-state index in [0.717, 1.165) is 0 Å². The van der Waals surface area contributed by atoms with Gasteiger partial charge in [0.2, 0.25) is 0 Å². The van der Waals surface area contributed by atoms with Gasteiger partial charge in [0.1, 0.15) is 11.6 Å². The summed E-state index contributed by atoms with van der Waals surface area (Å²) in [6.07, 6.45) is 0.383. The fraction of sp³-hybridized carbons (Fsp3) is 0.300. The molecule has 14 heavy (non-hydrogen) atoms. The van der Waals surface area contributed by atoms with Crippen molar-refractivity contribution < 1.29 is 9.18 Å². The molecule has 76 valence electrons. The highest BCUT2D eigenvalue weighted by molar-refractivity contribution is 9.10. The minimum atomic E-state index is -0.307. The largest absolute Gasteiger partial charge is 0.299 e. The molecule has 1 atom stereocenters. The molecule has 0 radical (unpaired) electrons. The number of carbonyl (C=O) groups is 1. The van der Waals surface area contributed by atoms with Crippen LogP contribution in [0.4, 0.5) is 4.39 Å². The van der Waals surface area contributed by atoms with E-state index in [4.69, 9.17) is 0 Å². The lowest BCUT2D eigenvalue weighted by molar-refractivity contribution is -0.116. The minimum Gasteiger partial charge on any atom is -0.299 e. The predicted molar refractivity (Wildman–Crippen MR) is 61.2 cm³/mol. The summed E-state index contributed by atoms with van der Waals surface area (Å²) in [5.41, 5.74) is 0.547. The van der Waals surface area contributed by atoms with Gasteiger partial charge in [-0.1, -0.05) is 37.9 Å². The molecule has 0 aliphatic carbocycles. The molecule has 0 N–H and O–H groups in total. The van der Waals surface area contributed by atoms with Gasteiger partial charge in [0, 0.05) is 4.47 Å². The highest BCUT2D eigenvalue weighted by Crippen LogP contribution is 2.18. The SMILES string of the molecule is CC(=O)C(Br)Cc1ccc(Br)cc1F. The molecule has 0 saturated heterocycles. The van der Waals surface area contributed by atoms with Crippen LogP contribution in [0.1, 0.15) is 12.5 Å². The third-order valence-electron chi connectivity index (χ3n) is 1.86. The van der Waals surface area contributed by atoms with Gasteiger partial charge in [-0.05, 0) is 31.0 Å². The lowest BCUT2D eigenvalue weighted by atomic mass is 10.1. The van der Waals surface area contributed by atoms with Crippen LogP contribution >= 0.6 is 31.9 Å². The van der Waals surface area contributed by atoms with E-state index >= 15 is 0 Å². The molecule has 0 aliphatic heterocycles. The van der Waals surface area contributed by atoms with Crippen LogP contribution in [0, 0.1) is 5.82 Å². The first kappa shape index (κ1) is 11.9. The van der Waals surface area contributed by atoms with Crippen LogP contribution in [0.15, 0.2) is 22.7 Å². The first-order valence-electron chi connectivity index (χ1n) is 4.09. The summed E-state index contributed by atoms with van der Waals surface area (Å²) < 4.78 is 14.0. The molecule has 0 fully saturated rings. The third kappa shape index (κ3) is 3.17. The fourth-order valence-corrected chi connectivity index (χ4v) is 1.71. The van der Waals surface area contributed by atoms with Crippen molar-refractivity contribution in [2.24, 2.45) is 0 Å². The molecule has 1 nitrogen and oxygen atoms in total. The summed E-state index contributed by atoms with van der Waals surface area (Å²) in [7, 11) is 0. The van der Waals surface area contributed by atoms with Gasteiger partial charge in [-0.2, -0.15) is 0 Å². The first-order chi connectivity index (χ1) is 6.50. The van der Waals surface area contributed by atoms with E-state index in [1.807, 2.05) is 0 Å². The molecule has 1 unspecified atom stereocenters. The Morgan fingerprint density at radius 2 is 2.21 bits per heavy atom. The Bertz CT molecular complexity index is 352. The average Bonchev–Trinajstić information content (AvgIpc) is 2.09. The molecule has 0 spiro atoms. The Balaban J connectivity index is 2.82. The van der Waals surface area contributed by atoms with Crippen molar-refractivity contribution in [1.82, 2.24) is 0 Å². The van der Waals surface area contributed by atoms with Crippen molar-refractivity contribution in [1.29, 1.82) is 0 Å². The molecular formula is C10H9Br2FO. The van der Waals surface area contributed by atoms with E-state index < -0.39 is 0 Å². The van der Waals surface area contributed by atoms with Gasteiger partial charge in [0.25, 0.3) is 0 Å². The number of rotatable bonds is 3. The maximum absolute atomic E-state index is 13.3. The van der Waals surface area contributed by atoms with E-state index in [-0.39, 0.29) is 16.4 Å². The maximum Gasteiger partial charge on any atom is 0.143 e. The topological polar surface area (TPSA) is 17.1 Å². The first-order valence-corrected chi connectivity index (χ1v) is 5.80. The number of ketones is 1. The van der Waals surface area contributed by atoms with Crippen molar-refractivity contribution in [2.45, 2.75) is 18.2 Å². The number of Topliss-reactive ketones (excluding diaryl/α,β-unsaturated/α-hetero) is 1. The Morgan fingerprint density at radius 3 is 2.71 bits per heavy atom. The maximum atomic E-state index is 13.3. The van der Waals surface area contributed by atoms with Gasteiger partial charge in [-0.15, -0.1) is 0 Å². The number of hydrogen-bond donors (Lipinski definition) is 0. The third-order valence-corrected chi connectivity index (χ3v) is 3.32. The monoisotopic (exact) mass is 322 g/mol. The zero-order chi connectivity index (χ0) is 10.7. The molecule has 0 aromatic heterocycles. The second-order valence-electron chi connectivity index (χ2n) is 3.02. The zero-order valence-corrected chi connectivity index (χ0v) is 10.7. The molecule has 0 aliphatic rings. The molecule has 1 aromatic carbocycles. The Morgan fingerprint density at radius 1 is 1.57 bits per heavy atom. The summed E-state index contributed by atoms with van der Waals surface area (Å²) in [5, 5.41) is 0. The van der Waals surface area contributed by atoms with Gasteiger partial charge in [-0.25, -0.2) is 4.39 Å². The Hall–Kier alpha value is -0.220. The standard InChI is InChI=1S/C10H9Br2FO/c1-6(14)9(12)4-7-2-3-8(11)5-10(7)13/h2-3,5,9H,4H2,1H3. The van der Waals surface area contributed by atoms with E-state index in [0.29, 0.717) is 16.5 Å². The molecule has 1 rings (SSSR count). The van der Waals surface area contributed by atoms with Crippen molar-refractivity contribution in [2.75, 3.05) is 0 Å². The summed E-state index contributed by atoms with van der Waals surface area (Å²) >= 11 is 6.38. The summed E-state index contributed by atoms with van der Waals surface area (Å²) in [6, 6.07) is 4.84. The van der Waals surface area contributed by atoms with Gasteiger partial charge >= 0.3 is 0 Å². The summed E-state index contributed by atoms with van der Waals surface area (Å²) in [4.78, 5) is 10.6.